The van der Waals surface area contributed by atoms with Crippen LogP contribution in [0.2, 0.25) is 5.02 Å². The monoisotopic (exact) mass is 431 g/mol. The Bertz CT molecular complexity index is 613. The van der Waals surface area contributed by atoms with Gasteiger partial charge in [0.05, 0.1) is 18.2 Å². The summed E-state index contributed by atoms with van der Waals surface area (Å²) in [4.78, 5) is 0. The Labute approximate surface area is 147 Å². The lowest BCUT2D eigenvalue weighted by Crippen LogP contribution is -2.22. The second-order valence-corrected chi connectivity index (χ2v) is 6.83. The highest BCUT2D eigenvalue weighted by molar-refractivity contribution is 9.11. The van der Waals surface area contributed by atoms with Crippen molar-refractivity contribution < 1.29 is 4.74 Å². The van der Waals surface area contributed by atoms with Crippen molar-refractivity contribution in [3.05, 3.63) is 61.5 Å². The first-order valence-electron chi connectivity index (χ1n) is 6.58. The Morgan fingerprint density at radius 3 is 2.29 bits per heavy atom. The van der Waals surface area contributed by atoms with Crippen molar-refractivity contribution >= 4 is 43.5 Å². The van der Waals surface area contributed by atoms with Gasteiger partial charge in [-0.05, 0) is 48.0 Å². The number of hydrogen-bond acceptors (Lipinski definition) is 2. The van der Waals surface area contributed by atoms with Crippen LogP contribution in [0.15, 0.2) is 45.3 Å². The molecule has 0 fully saturated rings. The summed E-state index contributed by atoms with van der Waals surface area (Å²) in [6.45, 7) is 2.95. The average Bonchev–Trinajstić information content (AvgIpc) is 2.43. The molecule has 0 aliphatic rings. The van der Waals surface area contributed by atoms with Gasteiger partial charge in [-0.1, -0.05) is 56.5 Å². The first kappa shape index (κ1) is 16.8. The van der Waals surface area contributed by atoms with Crippen molar-refractivity contribution in [2.24, 2.45) is 0 Å². The lowest BCUT2D eigenvalue weighted by atomic mass is 9.98. The van der Waals surface area contributed by atoms with Gasteiger partial charge in [0.1, 0.15) is 5.75 Å². The first-order valence-corrected chi connectivity index (χ1v) is 8.54. The summed E-state index contributed by atoms with van der Waals surface area (Å²) >= 11 is 13.3. The molecule has 2 aromatic carbocycles. The predicted molar refractivity (Wildman–Crippen MR) is 95.4 cm³/mol. The van der Waals surface area contributed by atoms with Gasteiger partial charge in [-0.15, -0.1) is 0 Å². The molecule has 0 saturated heterocycles. The minimum absolute atomic E-state index is 0.0761. The van der Waals surface area contributed by atoms with Crippen molar-refractivity contribution in [2.75, 3.05) is 13.7 Å². The summed E-state index contributed by atoms with van der Waals surface area (Å²) < 4.78 is 7.29. The molecule has 0 spiro atoms. The largest absolute Gasteiger partial charge is 0.495 e. The van der Waals surface area contributed by atoms with Crippen LogP contribution in [-0.4, -0.2) is 13.7 Å². The highest BCUT2D eigenvalue weighted by Crippen LogP contribution is 2.32. The van der Waals surface area contributed by atoms with E-state index in [0.717, 1.165) is 21.1 Å². The second-order valence-electron chi connectivity index (χ2n) is 4.59. The Kier molecular flexibility index (Phi) is 6.11. The summed E-state index contributed by atoms with van der Waals surface area (Å²) in [6, 6.07) is 12.2. The highest BCUT2D eigenvalue weighted by atomic mass is 79.9. The van der Waals surface area contributed by atoms with E-state index < -0.39 is 0 Å². The maximum absolute atomic E-state index is 6.25. The van der Waals surface area contributed by atoms with Gasteiger partial charge < -0.3 is 10.1 Å². The van der Waals surface area contributed by atoms with E-state index in [1.807, 2.05) is 24.3 Å². The Morgan fingerprint density at radius 2 is 1.76 bits per heavy atom. The van der Waals surface area contributed by atoms with Crippen LogP contribution in [0.5, 0.6) is 5.75 Å². The standard InChI is InChI=1S/C16H16Br2ClNO/c1-3-20-16(11-6-12(17)9-13(18)7-11)10-4-5-15(21-2)14(19)8-10/h4-9,16,20H,3H2,1-2H3. The normalized spacial score (nSPS) is 12.2. The van der Waals surface area contributed by atoms with Crippen LogP contribution in [0.3, 0.4) is 0 Å². The van der Waals surface area contributed by atoms with E-state index in [2.05, 4.69) is 56.2 Å². The first-order chi connectivity index (χ1) is 10.0. The summed E-state index contributed by atoms with van der Waals surface area (Å²) in [5.74, 6) is 0.686. The van der Waals surface area contributed by atoms with Crippen molar-refractivity contribution in [1.29, 1.82) is 0 Å². The zero-order valence-electron chi connectivity index (χ0n) is 11.8. The number of benzene rings is 2. The van der Waals surface area contributed by atoms with E-state index in [1.165, 1.54) is 5.56 Å². The van der Waals surface area contributed by atoms with Crippen molar-refractivity contribution in [3.63, 3.8) is 0 Å². The van der Waals surface area contributed by atoms with Gasteiger partial charge in [0, 0.05) is 8.95 Å². The fourth-order valence-electron chi connectivity index (χ4n) is 2.24. The van der Waals surface area contributed by atoms with Crippen LogP contribution in [0, 0.1) is 0 Å². The van der Waals surface area contributed by atoms with Crippen LogP contribution in [0.1, 0.15) is 24.1 Å². The van der Waals surface area contributed by atoms with E-state index in [0.29, 0.717) is 10.8 Å². The molecule has 0 aromatic heterocycles. The van der Waals surface area contributed by atoms with Gasteiger partial charge in [-0.25, -0.2) is 0 Å². The molecule has 0 bridgehead atoms. The number of methoxy groups -OCH3 is 1. The van der Waals surface area contributed by atoms with Crippen molar-refractivity contribution in [1.82, 2.24) is 5.32 Å². The number of nitrogens with one attached hydrogen (secondary N) is 1. The van der Waals surface area contributed by atoms with Gasteiger partial charge in [0.25, 0.3) is 0 Å². The second kappa shape index (κ2) is 7.63. The third-order valence-corrected chi connectivity index (χ3v) is 4.35. The van der Waals surface area contributed by atoms with Crippen LogP contribution in [-0.2, 0) is 0 Å². The molecule has 2 nitrogen and oxygen atoms in total. The number of ether oxygens (including phenoxy) is 1. The third kappa shape index (κ3) is 4.22. The van der Waals surface area contributed by atoms with E-state index in [9.17, 15) is 0 Å². The molecule has 0 amide bonds. The lowest BCUT2D eigenvalue weighted by Gasteiger charge is -2.20. The number of halogens is 3. The quantitative estimate of drug-likeness (QED) is 0.665. The molecule has 1 unspecified atom stereocenters. The summed E-state index contributed by atoms with van der Waals surface area (Å²) in [6.07, 6.45) is 0. The van der Waals surface area contributed by atoms with Crippen LogP contribution in [0.4, 0.5) is 0 Å². The Balaban J connectivity index is 2.45. The zero-order chi connectivity index (χ0) is 15.4. The highest BCUT2D eigenvalue weighted by Gasteiger charge is 2.15. The summed E-state index contributed by atoms with van der Waals surface area (Å²) in [7, 11) is 1.62. The molecule has 1 N–H and O–H groups in total. The molecular weight excluding hydrogens is 417 g/mol. The van der Waals surface area contributed by atoms with Crippen molar-refractivity contribution in [2.45, 2.75) is 13.0 Å². The van der Waals surface area contributed by atoms with Crippen LogP contribution >= 0.6 is 43.5 Å². The van der Waals surface area contributed by atoms with Gasteiger partial charge >= 0.3 is 0 Å². The van der Waals surface area contributed by atoms with Crippen molar-refractivity contribution in [3.8, 4) is 5.75 Å². The molecular formula is C16H16Br2ClNO. The molecule has 0 aliphatic heterocycles. The molecule has 0 aliphatic carbocycles. The van der Waals surface area contributed by atoms with E-state index >= 15 is 0 Å². The topological polar surface area (TPSA) is 21.3 Å². The van der Waals surface area contributed by atoms with Gasteiger partial charge in [-0.3, -0.25) is 0 Å². The molecule has 0 heterocycles. The van der Waals surface area contributed by atoms with Crippen LogP contribution in [0.25, 0.3) is 0 Å². The maximum Gasteiger partial charge on any atom is 0.137 e. The minimum Gasteiger partial charge on any atom is -0.495 e. The summed E-state index contributed by atoms with van der Waals surface area (Å²) in [5, 5.41) is 4.11. The molecule has 21 heavy (non-hydrogen) atoms. The lowest BCUT2D eigenvalue weighted by molar-refractivity contribution is 0.414. The smallest absolute Gasteiger partial charge is 0.137 e. The Hall–Kier alpha value is -0.550. The number of rotatable bonds is 5. The minimum atomic E-state index is 0.0761. The fraction of sp³-hybridized carbons (Fsp3) is 0.250. The van der Waals surface area contributed by atoms with E-state index in [4.69, 9.17) is 16.3 Å². The van der Waals surface area contributed by atoms with E-state index in [-0.39, 0.29) is 6.04 Å². The van der Waals surface area contributed by atoms with Gasteiger partial charge in [0.2, 0.25) is 0 Å². The van der Waals surface area contributed by atoms with Crippen LogP contribution < -0.4 is 10.1 Å². The molecule has 2 rings (SSSR count). The van der Waals surface area contributed by atoms with Gasteiger partial charge in [0.15, 0.2) is 0 Å². The maximum atomic E-state index is 6.25. The molecule has 2 aromatic rings. The number of hydrogen-bond donors (Lipinski definition) is 1. The molecule has 0 saturated carbocycles. The van der Waals surface area contributed by atoms with Gasteiger partial charge in [-0.2, -0.15) is 0 Å². The predicted octanol–water partition coefficient (Wildman–Crippen LogP) is 5.57. The average molecular weight is 434 g/mol. The third-order valence-electron chi connectivity index (χ3n) is 3.14. The van der Waals surface area contributed by atoms with E-state index in [1.54, 1.807) is 7.11 Å². The Morgan fingerprint density at radius 1 is 1.10 bits per heavy atom. The summed E-state index contributed by atoms with van der Waals surface area (Å²) in [5.41, 5.74) is 2.27. The molecule has 5 heteroatoms. The zero-order valence-corrected chi connectivity index (χ0v) is 15.7. The molecule has 1 atom stereocenters. The molecule has 0 radical (unpaired) electrons. The molecule has 112 valence electrons. The fourth-order valence-corrected chi connectivity index (χ4v) is 3.83. The SMILES string of the molecule is CCNC(c1cc(Br)cc(Br)c1)c1ccc(OC)c(Cl)c1.